The van der Waals surface area contributed by atoms with E-state index in [9.17, 15) is 39.4 Å². The van der Waals surface area contributed by atoms with Crippen LogP contribution in [0.15, 0.2) is 48.5 Å². The third-order valence-corrected chi connectivity index (χ3v) is 8.58. The molecular formula is C33H42N6O8. The molecule has 0 saturated carbocycles. The third kappa shape index (κ3) is 10.6. The van der Waals surface area contributed by atoms with Crippen LogP contribution >= 0.6 is 0 Å². The van der Waals surface area contributed by atoms with Gasteiger partial charge in [-0.15, -0.1) is 0 Å². The quantitative estimate of drug-likeness (QED) is 0.154. The van der Waals surface area contributed by atoms with Gasteiger partial charge in [0.1, 0.15) is 12.1 Å². The van der Waals surface area contributed by atoms with Crippen molar-refractivity contribution in [3.63, 3.8) is 0 Å². The summed E-state index contributed by atoms with van der Waals surface area (Å²) in [7, 11) is 0. The Labute approximate surface area is 273 Å². The smallest absolute Gasteiger partial charge is 0.269 e. The highest BCUT2D eigenvalue weighted by Gasteiger charge is 2.31. The maximum atomic E-state index is 12.9. The first-order valence-corrected chi connectivity index (χ1v) is 16.2. The van der Waals surface area contributed by atoms with Crippen molar-refractivity contribution in [2.45, 2.75) is 95.8 Å². The molecule has 14 heteroatoms. The summed E-state index contributed by atoms with van der Waals surface area (Å²) in [6, 6.07) is 11.1. The standard InChI is InChI=1S/C33H42N6O8/c40-30(34-28-8-6-20-36(32(28)42)22-24-12-16-26(17-13-24)38(44)45)10-4-2-1-3-5-11-31(41)35-29-9-7-21-37(33(29)43)23-25-14-18-27(19-15-25)39(46)47/h12-19,28-29H,1-11,20-23H2,(H,34,40)(H,35,41). The number of hydrogen-bond acceptors (Lipinski definition) is 8. The summed E-state index contributed by atoms with van der Waals surface area (Å²) in [6.07, 6.45) is 7.13. The molecule has 2 unspecified atom stereocenters. The number of non-ortho nitro benzene ring substituents is 2. The second kappa shape index (κ2) is 17.2. The van der Waals surface area contributed by atoms with Crippen molar-refractivity contribution in [2.24, 2.45) is 0 Å². The summed E-state index contributed by atoms with van der Waals surface area (Å²) in [5.74, 6) is -0.624. The summed E-state index contributed by atoms with van der Waals surface area (Å²) in [5, 5.41) is 27.5. The molecule has 0 aromatic heterocycles. The van der Waals surface area contributed by atoms with E-state index in [0.717, 1.165) is 43.2 Å². The average molecular weight is 651 g/mol. The van der Waals surface area contributed by atoms with E-state index in [-0.39, 0.29) is 35.0 Å². The van der Waals surface area contributed by atoms with E-state index in [4.69, 9.17) is 0 Å². The molecule has 2 aromatic carbocycles. The highest BCUT2D eigenvalue weighted by Crippen LogP contribution is 2.20. The molecule has 14 nitrogen and oxygen atoms in total. The maximum Gasteiger partial charge on any atom is 0.269 e. The van der Waals surface area contributed by atoms with E-state index in [1.807, 2.05) is 0 Å². The van der Waals surface area contributed by atoms with Crippen molar-refractivity contribution in [3.8, 4) is 0 Å². The number of rotatable bonds is 16. The Morgan fingerprint density at radius 2 is 1.00 bits per heavy atom. The highest BCUT2D eigenvalue weighted by atomic mass is 16.6. The van der Waals surface area contributed by atoms with Crippen LogP contribution in [-0.2, 0) is 32.3 Å². The Kier molecular flexibility index (Phi) is 12.8. The molecule has 2 heterocycles. The Bertz CT molecular complexity index is 1320. The summed E-state index contributed by atoms with van der Waals surface area (Å²) < 4.78 is 0. The van der Waals surface area contributed by atoms with Gasteiger partial charge >= 0.3 is 0 Å². The molecule has 0 radical (unpaired) electrons. The van der Waals surface area contributed by atoms with Crippen LogP contribution < -0.4 is 10.6 Å². The van der Waals surface area contributed by atoms with Gasteiger partial charge < -0.3 is 20.4 Å². The molecule has 47 heavy (non-hydrogen) atoms. The number of benzene rings is 2. The zero-order valence-electron chi connectivity index (χ0n) is 26.4. The van der Waals surface area contributed by atoms with Gasteiger partial charge in [-0.2, -0.15) is 0 Å². The number of nitrogens with zero attached hydrogens (tertiary/aromatic N) is 4. The number of unbranched alkanes of at least 4 members (excludes halogenated alkanes) is 4. The number of nitrogens with one attached hydrogen (secondary N) is 2. The highest BCUT2D eigenvalue weighted by molar-refractivity contribution is 5.89. The number of nitro benzene ring substituents is 2. The van der Waals surface area contributed by atoms with Gasteiger partial charge in [0.2, 0.25) is 23.6 Å². The minimum absolute atomic E-state index is 0.00504. The van der Waals surface area contributed by atoms with Crippen molar-refractivity contribution in [3.05, 3.63) is 79.9 Å². The first-order chi connectivity index (χ1) is 22.6. The first-order valence-electron chi connectivity index (χ1n) is 16.2. The summed E-state index contributed by atoms with van der Waals surface area (Å²) in [5.41, 5.74) is 1.57. The molecule has 0 bridgehead atoms. The second-order valence-electron chi connectivity index (χ2n) is 12.2. The van der Waals surface area contributed by atoms with Crippen LogP contribution in [-0.4, -0.2) is 68.4 Å². The summed E-state index contributed by atoms with van der Waals surface area (Å²) in [6.45, 7) is 1.81. The van der Waals surface area contributed by atoms with Gasteiger partial charge in [-0.05, 0) is 49.7 Å². The summed E-state index contributed by atoms with van der Waals surface area (Å²) in [4.78, 5) is 75.1. The Balaban J connectivity index is 1.07. The van der Waals surface area contributed by atoms with Crippen molar-refractivity contribution in [1.29, 1.82) is 0 Å². The number of hydrogen-bond donors (Lipinski definition) is 2. The zero-order valence-corrected chi connectivity index (χ0v) is 26.4. The van der Waals surface area contributed by atoms with Crippen LogP contribution in [0.2, 0.25) is 0 Å². The van der Waals surface area contributed by atoms with E-state index >= 15 is 0 Å². The summed E-state index contributed by atoms with van der Waals surface area (Å²) >= 11 is 0. The number of amides is 4. The van der Waals surface area contributed by atoms with Crippen LogP contribution in [0.4, 0.5) is 11.4 Å². The van der Waals surface area contributed by atoms with Crippen LogP contribution in [0, 0.1) is 20.2 Å². The predicted molar refractivity (Wildman–Crippen MR) is 172 cm³/mol. The third-order valence-electron chi connectivity index (χ3n) is 8.58. The SMILES string of the molecule is O=C(CCCCCCCC(=O)NC1CCCN(Cc2ccc([N+](=O)[O-])cc2)C1=O)NC1CCCN(Cc2ccc([N+](=O)[O-])cc2)C1=O. The molecule has 2 fully saturated rings. The molecule has 2 saturated heterocycles. The Morgan fingerprint density at radius 1 is 0.638 bits per heavy atom. The molecule has 2 atom stereocenters. The zero-order chi connectivity index (χ0) is 33.8. The molecule has 2 N–H and O–H groups in total. The Hall–Kier alpha value is -4.88. The normalized spacial score (nSPS) is 18.1. The van der Waals surface area contributed by atoms with Gasteiger partial charge in [-0.1, -0.05) is 43.5 Å². The number of carbonyl (C=O) groups is 4. The minimum atomic E-state index is -0.571. The number of piperidine rings is 2. The molecule has 4 rings (SSSR count). The Morgan fingerprint density at radius 3 is 1.36 bits per heavy atom. The van der Waals surface area contributed by atoms with Gasteiger partial charge in [-0.3, -0.25) is 39.4 Å². The molecular weight excluding hydrogens is 608 g/mol. The monoisotopic (exact) mass is 650 g/mol. The molecule has 0 spiro atoms. The number of likely N-dealkylation sites (tertiary alicyclic amines) is 2. The van der Waals surface area contributed by atoms with Crippen LogP contribution in [0.3, 0.4) is 0 Å². The van der Waals surface area contributed by atoms with E-state index in [0.29, 0.717) is 64.7 Å². The van der Waals surface area contributed by atoms with Gasteiger partial charge in [0, 0.05) is 63.3 Å². The second-order valence-corrected chi connectivity index (χ2v) is 12.2. The van der Waals surface area contributed by atoms with E-state index in [1.165, 1.54) is 24.3 Å². The number of carbonyl (C=O) groups excluding carboxylic acids is 4. The lowest BCUT2D eigenvalue weighted by Gasteiger charge is -2.32. The van der Waals surface area contributed by atoms with Crippen LogP contribution in [0.5, 0.6) is 0 Å². The molecule has 2 aliphatic rings. The molecule has 2 aromatic rings. The van der Waals surface area contributed by atoms with Crippen molar-refractivity contribution < 1.29 is 29.0 Å². The van der Waals surface area contributed by atoms with E-state index < -0.39 is 21.9 Å². The fourth-order valence-corrected chi connectivity index (χ4v) is 5.98. The molecule has 0 aliphatic carbocycles. The van der Waals surface area contributed by atoms with Gasteiger partial charge in [0.15, 0.2) is 0 Å². The largest absolute Gasteiger partial charge is 0.344 e. The lowest BCUT2D eigenvalue weighted by atomic mass is 10.0. The van der Waals surface area contributed by atoms with Crippen LogP contribution in [0.1, 0.15) is 81.8 Å². The van der Waals surface area contributed by atoms with Crippen molar-refractivity contribution >= 4 is 35.0 Å². The van der Waals surface area contributed by atoms with Crippen molar-refractivity contribution in [2.75, 3.05) is 13.1 Å². The van der Waals surface area contributed by atoms with Gasteiger partial charge in [0.25, 0.3) is 11.4 Å². The topological polar surface area (TPSA) is 185 Å². The molecule has 252 valence electrons. The van der Waals surface area contributed by atoms with E-state index in [1.54, 1.807) is 34.1 Å². The number of nitro groups is 2. The molecule has 4 amide bonds. The lowest BCUT2D eigenvalue weighted by Crippen LogP contribution is -2.51. The fourth-order valence-electron chi connectivity index (χ4n) is 5.98. The van der Waals surface area contributed by atoms with Crippen molar-refractivity contribution in [1.82, 2.24) is 20.4 Å². The minimum Gasteiger partial charge on any atom is -0.344 e. The molecule has 2 aliphatic heterocycles. The van der Waals surface area contributed by atoms with Gasteiger partial charge in [-0.25, -0.2) is 0 Å². The predicted octanol–water partition coefficient (Wildman–Crippen LogP) is 4.15. The average Bonchev–Trinajstić information content (AvgIpc) is 3.05. The maximum absolute atomic E-state index is 12.9. The van der Waals surface area contributed by atoms with Crippen LogP contribution in [0.25, 0.3) is 0 Å². The fraction of sp³-hybridized carbons (Fsp3) is 0.515. The lowest BCUT2D eigenvalue weighted by molar-refractivity contribution is -0.385. The first kappa shape index (κ1) is 35.0. The van der Waals surface area contributed by atoms with Gasteiger partial charge in [0.05, 0.1) is 9.85 Å². The van der Waals surface area contributed by atoms with E-state index in [2.05, 4.69) is 10.6 Å².